The van der Waals surface area contributed by atoms with Crippen molar-refractivity contribution in [2.75, 3.05) is 25.1 Å². The number of rotatable bonds is 19. The Morgan fingerprint density at radius 1 is 0.957 bits per heavy atom. The van der Waals surface area contributed by atoms with E-state index in [9.17, 15) is 9.59 Å². The summed E-state index contributed by atoms with van der Waals surface area (Å²) < 4.78 is 5.18. The molecule has 3 aromatic rings. The molecule has 0 fully saturated rings. The zero-order valence-corrected chi connectivity index (χ0v) is 30.2. The number of carbonyl (C=O) groups is 2. The molecule has 3 N–H and O–H groups in total. The van der Waals surface area contributed by atoms with Crippen molar-refractivity contribution >= 4 is 23.6 Å². The molecule has 0 aliphatic heterocycles. The van der Waals surface area contributed by atoms with Gasteiger partial charge in [0.05, 0.1) is 6.61 Å². The van der Waals surface area contributed by atoms with E-state index < -0.39 is 0 Å². The minimum Gasteiger partial charge on any atom is -0.467 e. The first-order chi connectivity index (χ1) is 22.6. The number of hydrogen-bond donors (Lipinski definition) is 2. The van der Waals surface area contributed by atoms with E-state index in [0.717, 1.165) is 61.9 Å². The number of Topliss-reactive ketones (excluding diaryl/α,β-unsaturated/α-hetero) is 1. The van der Waals surface area contributed by atoms with Gasteiger partial charge in [0.25, 0.3) is 6.47 Å². The molecule has 47 heavy (non-hydrogen) atoms. The molecule has 0 amide bonds. The number of aryl methyl sites for hydroxylation is 3. The number of ketones is 1. The summed E-state index contributed by atoms with van der Waals surface area (Å²) in [6.07, 6.45) is 6.58. The highest BCUT2D eigenvalue weighted by atomic mass is 16.5. The number of nitrogens with two attached hydrogens (primary N) is 1. The van der Waals surface area contributed by atoms with Crippen LogP contribution in [0.15, 0.2) is 72.3 Å². The Labute approximate surface area is 284 Å². The van der Waals surface area contributed by atoms with E-state index >= 15 is 0 Å². The van der Waals surface area contributed by atoms with Crippen molar-refractivity contribution in [3.63, 3.8) is 0 Å². The van der Waals surface area contributed by atoms with Gasteiger partial charge in [-0.15, -0.1) is 0 Å². The van der Waals surface area contributed by atoms with Gasteiger partial charge in [0.2, 0.25) is 0 Å². The third-order valence-electron chi connectivity index (χ3n) is 8.26. The van der Waals surface area contributed by atoms with Crippen LogP contribution in [0.1, 0.15) is 102 Å². The monoisotopic (exact) mass is 641 g/mol. The van der Waals surface area contributed by atoms with Gasteiger partial charge in [-0.1, -0.05) is 101 Å². The molecule has 0 saturated heterocycles. The Morgan fingerprint density at radius 3 is 2.32 bits per heavy atom. The van der Waals surface area contributed by atoms with Crippen LogP contribution in [-0.2, 0) is 27.2 Å². The van der Waals surface area contributed by atoms with Crippen molar-refractivity contribution < 1.29 is 14.3 Å². The highest BCUT2D eigenvalue weighted by Crippen LogP contribution is 2.36. The summed E-state index contributed by atoms with van der Waals surface area (Å²) in [6.45, 7) is 16.4. The molecule has 6 nitrogen and oxygen atoms in total. The molecule has 0 aliphatic rings. The van der Waals surface area contributed by atoms with Gasteiger partial charge >= 0.3 is 0 Å². The first kappa shape index (κ1) is 39.4. The van der Waals surface area contributed by atoms with E-state index in [1.807, 2.05) is 13.8 Å². The standard InChI is InChI=1S/C39H53N3O3.C2H6/c1-7-12-33-13-8-9-15-37(33)38(30(3)26-39(4,5)27-45-28-43)42(6)35-19-17-32(18-20-35)34-24-29(2)23-31(25-34)16-21-36(44)14-10-11-22-41-40;1-2/h8-9,13,15,17-20,23-25,28,41H,7,10-12,14,16,21-22,26-27,40H2,1-6H3;1-2H3/b38-30+;. The summed E-state index contributed by atoms with van der Waals surface area (Å²) in [5.74, 6) is 5.63. The maximum atomic E-state index is 12.4. The second-order valence-corrected chi connectivity index (χ2v) is 13.0. The SMILES string of the molecule is CC.CCCc1ccccc1/C(=C(/C)CC(C)(C)COC=O)N(C)c1ccc(-c2cc(C)cc(CCC(=O)CCCCNN)c2)cc1. The van der Waals surface area contributed by atoms with Crippen LogP contribution in [0.2, 0.25) is 0 Å². The predicted octanol–water partition coefficient (Wildman–Crippen LogP) is 9.23. The molecule has 0 spiro atoms. The topological polar surface area (TPSA) is 84.7 Å². The third kappa shape index (κ3) is 12.8. The van der Waals surface area contributed by atoms with Crippen molar-refractivity contribution in [3.8, 4) is 11.1 Å². The summed E-state index contributed by atoms with van der Waals surface area (Å²) >= 11 is 0. The van der Waals surface area contributed by atoms with Crippen LogP contribution in [0, 0.1) is 12.3 Å². The molecule has 3 aromatic carbocycles. The lowest BCUT2D eigenvalue weighted by Crippen LogP contribution is -2.23. The fourth-order valence-electron chi connectivity index (χ4n) is 6.19. The minimum atomic E-state index is -0.198. The largest absolute Gasteiger partial charge is 0.467 e. The van der Waals surface area contributed by atoms with Crippen molar-refractivity contribution in [1.29, 1.82) is 0 Å². The van der Waals surface area contributed by atoms with Crippen molar-refractivity contribution in [2.45, 2.75) is 99.8 Å². The van der Waals surface area contributed by atoms with Gasteiger partial charge in [0, 0.05) is 48.8 Å². The molecule has 0 heterocycles. The number of ether oxygens (including phenoxy) is 1. The van der Waals surface area contributed by atoms with Crippen molar-refractivity contribution in [1.82, 2.24) is 5.43 Å². The quantitative estimate of drug-likeness (QED) is 0.0588. The lowest BCUT2D eigenvalue weighted by atomic mass is 9.84. The second-order valence-electron chi connectivity index (χ2n) is 13.0. The molecule has 3 rings (SSSR count). The number of hydrogen-bond acceptors (Lipinski definition) is 6. The molecule has 0 unspecified atom stereocenters. The summed E-state index contributed by atoms with van der Waals surface area (Å²) in [6, 6.07) is 24.1. The minimum absolute atomic E-state index is 0.198. The fraction of sp³-hybridized carbons (Fsp3) is 0.463. The number of hydrazine groups is 1. The van der Waals surface area contributed by atoms with Crippen molar-refractivity contribution in [3.05, 3.63) is 94.6 Å². The third-order valence-corrected chi connectivity index (χ3v) is 8.26. The van der Waals surface area contributed by atoms with Gasteiger partial charge in [0.1, 0.15) is 5.78 Å². The number of carbonyl (C=O) groups excluding carboxylic acids is 2. The lowest BCUT2D eigenvalue weighted by molar-refractivity contribution is -0.131. The molecular weight excluding hydrogens is 582 g/mol. The highest BCUT2D eigenvalue weighted by Gasteiger charge is 2.24. The molecule has 0 saturated carbocycles. The zero-order chi connectivity index (χ0) is 34.8. The number of nitrogens with zero attached hydrogens (tertiary/aromatic N) is 1. The molecule has 0 radical (unpaired) electrons. The van der Waals surface area contributed by atoms with Crippen LogP contribution >= 0.6 is 0 Å². The molecule has 0 atom stereocenters. The number of anilines is 1. The van der Waals surface area contributed by atoms with Crippen molar-refractivity contribution in [2.24, 2.45) is 11.3 Å². The van der Waals surface area contributed by atoms with Gasteiger partial charge in [-0.2, -0.15) is 0 Å². The van der Waals surface area contributed by atoms with E-state index in [0.29, 0.717) is 31.7 Å². The highest BCUT2D eigenvalue weighted by molar-refractivity contribution is 5.83. The zero-order valence-electron chi connectivity index (χ0n) is 30.2. The van der Waals surface area contributed by atoms with Gasteiger partial charge in [-0.05, 0) is 85.9 Å². The fourth-order valence-corrected chi connectivity index (χ4v) is 6.19. The molecule has 256 valence electrons. The summed E-state index contributed by atoms with van der Waals surface area (Å²) in [4.78, 5) is 25.6. The van der Waals surface area contributed by atoms with E-state index in [1.165, 1.54) is 33.5 Å². The Hall–Kier alpha value is -3.74. The van der Waals surface area contributed by atoms with Crippen LogP contribution in [0.25, 0.3) is 16.8 Å². The number of allylic oxidation sites excluding steroid dienone is 1. The van der Waals surface area contributed by atoms with Crippen LogP contribution < -0.4 is 16.2 Å². The number of nitrogens with one attached hydrogen (secondary N) is 1. The number of benzene rings is 3. The van der Waals surface area contributed by atoms with E-state index in [2.05, 4.69) is 119 Å². The Balaban J connectivity index is 0.00000376. The molecule has 0 aliphatic carbocycles. The smallest absolute Gasteiger partial charge is 0.293 e. The number of unbranched alkanes of at least 4 members (excludes halogenated alkanes) is 1. The van der Waals surface area contributed by atoms with Gasteiger partial charge in [-0.25, -0.2) is 0 Å². The molecule has 0 bridgehead atoms. The average Bonchev–Trinajstić information content (AvgIpc) is 3.06. The van der Waals surface area contributed by atoms with Crippen LogP contribution in [0.5, 0.6) is 0 Å². The molecule has 0 aromatic heterocycles. The molecular formula is C41H59N3O3. The van der Waals surface area contributed by atoms with Gasteiger partial charge in [-0.3, -0.25) is 20.9 Å². The van der Waals surface area contributed by atoms with Gasteiger partial charge < -0.3 is 9.64 Å². The maximum Gasteiger partial charge on any atom is 0.293 e. The maximum absolute atomic E-state index is 12.4. The molecule has 6 heteroatoms. The summed E-state index contributed by atoms with van der Waals surface area (Å²) in [5, 5.41) is 0. The van der Waals surface area contributed by atoms with Crippen LogP contribution in [0.4, 0.5) is 5.69 Å². The van der Waals surface area contributed by atoms with Crippen LogP contribution in [0.3, 0.4) is 0 Å². The Kier molecular flexibility index (Phi) is 17.2. The summed E-state index contributed by atoms with van der Waals surface area (Å²) in [7, 11) is 2.14. The second kappa shape index (κ2) is 20.5. The lowest BCUT2D eigenvalue weighted by Gasteiger charge is -2.31. The summed E-state index contributed by atoms with van der Waals surface area (Å²) in [5.41, 5.74) is 13.3. The van der Waals surface area contributed by atoms with E-state index in [1.54, 1.807) is 0 Å². The van der Waals surface area contributed by atoms with Crippen LogP contribution in [-0.4, -0.2) is 32.5 Å². The van der Waals surface area contributed by atoms with E-state index in [4.69, 9.17) is 10.6 Å². The van der Waals surface area contributed by atoms with E-state index in [-0.39, 0.29) is 5.41 Å². The normalized spacial score (nSPS) is 11.7. The predicted molar refractivity (Wildman–Crippen MR) is 199 cm³/mol. The average molecular weight is 642 g/mol. The Bertz CT molecular complexity index is 1430. The Morgan fingerprint density at radius 2 is 1.66 bits per heavy atom. The van der Waals surface area contributed by atoms with Gasteiger partial charge in [0.15, 0.2) is 0 Å². The first-order valence-corrected chi connectivity index (χ1v) is 17.3. The first-order valence-electron chi connectivity index (χ1n) is 17.3.